The summed E-state index contributed by atoms with van der Waals surface area (Å²) in [6.07, 6.45) is 0.716. The maximum atomic E-state index is 9.77. The summed E-state index contributed by atoms with van der Waals surface area (Å²) < 4.78 is 5.52. The molecule has 0 spiro atoms. The Morgan fingerprint density at radius 1 is 1.33 bits per heavy atom. The molecule has 18 heavy (non-hydrogen) atoms. The van der Waals surface area contributed by atoms with Crippen LogP contribution in [0, 0.1) is 0 Å². The van der Waals surface area contributed by atoms with E-state index in [1.807, 2.05) is 49.3 Å². The lowest BCUT2D eigenvalue weighted by molar-refractivity contribution is 0.0756. The summed E-state index contributed by atoms with van der Waals surface area (Å²) in [5, 5.41) is 9.77. The van der Waals surface area contributed by atoms with Crippen molar-refractivity contribution in [2.45, 2.75) is 25.6 Å². The Balaban J connectivity index is 2.12. The number of rotatable bonds is 7. The Labute approximate surface area is 114 Å². The highest BCUT2D eigenvalue weighted by molar-refractivity contribution is 7.80. The van der Waals surface area contributed by atoms with E-state index in [0.717, 1.165) is 10.6 Å². The van der Waals surface area contributed by atoms with E-state index in [0.29, 0.717) is 26.1 Å². The molecule has 0 radical (unpaired) electrons. The second-order valence-electron chi connectivity index (χ2n) is 4.47. The molecule has 0 saturated carbocycles. The maximum absolute atomic E-state index is 9.77. The van der Waals surface area contributed by atoms with Gasteiger partial charge in [-0.15, -0.1) is 0 Å². The lowest BCUT2D eigenvalue weighted by Crippen LogP contribution is -2.25. The molecule has 0 bridgehead atoms. The van der Waals surface area contributed by atoms with Crippen LogP contribution >= 0.6 is 12.2 Å². The fourth-order valence-electron chi connectivity index (χ4n) is 1.47. The Kier molecular flexibility index (Phi) is 6.86. The van der Waals surface area contributed by atoms with Gasteiger partial charge in [-0.3, -0.25) is 0 Å². The number of hydrogen-bond donors (Lipinski definition) is 1. The fourth-order valence-corrected chi connectivity index (χ4v) is 1.66. The Hall–Kier alpha value is -0.970. The van der Waals surface area contributed by atoms with E-state index in [1.165, 1.54) is 0 Å². The normalized spacial score (nSPS) is 12.2. The number of nitrogens with zero attached hydrogens (tertiary/aromatic N) is 1. The van der Waals surface area contributed by atoms with Crippen molar-refractivity contribution >= 4 is 17.2 Å². The minimum atomic E-state index is -0.421. The average Bonchev–Trinajstić information content (AvgIpc) is 2.35. The van der Waals surface area contributed by atoms with E-state index < -0.39 is 6.10 Å². The lowest BCUT2D eigenvalue weighted by atomic mass is 10.2. The number of benzene rings is 1. The van der Waals surface area contributed by atoms with Gasteiger partial charge in [0.05, 0.1) is 17.7 Å². The Bertz CT molecular complexity index is 354. The van der Waals surface area contributed by atoms with Crippen LogP contribution in [0.5, 0.6) is 0 Å². The van der Waals surface area contributed by atoms with Crippen LogP contribution in [0.15, 0.2) is 30.3 Å². The summed E-state index contributed by atoms with van der Waals surface area (Å²) in [6, 6.07) is 10.0. The monoisotopic (exact) mass is 267 g/mol. The summed E-state index contributed by atoms with van der Waals surface area (Å²) >= 11 is 5.13. The highest BCUT2D eigenvalue weighted by Gasteiger charge is 2.08. The second-order valence-corrected chi connectivity index (χ2v) is 4.94. The molecule has 1 atom stereocenters. The van der Waals surface area contributed by atoms with E-state index in [1.54, 1.807) is 0 Å². The molecule has 4 heteroatoms. The largest absolute Gasteiger partial charge is 0.393 e. The van der Waals surface area contributed by atoms with Gasteiger partial charge in [-0.1, -0.05) is 42.5 Å². The van der Waals surface area contributed by atoms with E-state index in [9.17, 15) is 5.11 Å². The summed E-state index contributed by atoms with van der Waals surface area (Å²) in [5.41, 5.74) is 1.15. The van der Waals surface area contributed by atoms with E-state index in [4.69, 9.17) is 17.0 Å². The van der Waals surface area contributed by atoms with Crippen LogP contribution in [0.1, 0.15) is 18.4 Å². The highest BCUT2D eigenvalue weighted by atomic mass is 32.1. The Morgan fingerprint density at radius 3 is 2.61 bits per heavy atom. The molecule has 3 nitrogen and oxygen atoms in total. The van der Waals surface area contributed by atoms with E-state index in [-0.39, 0.29) is 0 Å². The zero-order chi connectivity index (χ0) is 13.4. The van der Waals surface area contributed by atoms with Gasteiger partial charge in [0.15, 0.2) is 0 Å². The molecule has 1 rings (SSSR count). The molecule has 1 unspecified atom stereocenters. The molecular weight excluding hydrogens is 246 g/mol. The third-order valence-electron chi connectivity index (χ3n) is 2.62. The lowest BCUT2D eigenvalue weighted by Gasteiger charge is -2.17. The first-order valence-corrected chi connectivity index (χ1v) is 6.50. The zero-order valence-corrected chi connectivity index (χ0v) is 11.8. The van der Waals surface area contributed by atoms with Gasteiger partial charge < -0.3 is 14.7 Å². The standard InChI is InChI=1S/C14H21NO2S/c1-15(2)14(18)10-13(16)8-9-17-11-12-6-4-3-5-7-12/h3-7,13,16H,8-11H2,1-2H3. The smallest absolute Gasteiger partial charge is 0.0800 e. The highest BCUT2D eigenvalue weighted by Crippen LogP contribution is 2.05. The van der Waals surface area contributed by atoms with Crippen molar-refractivity contribution in [2.24, 2.45) is 0 Å². The first kappa shape index (κ1) is 15.1. The third-order valence-corrected chi connectivity index (χ3v) is 3.15. The van der Waals surface area contributed by atoms with Crippen molar-refractivity contribution < 1.29 is 9.84 Å². The number of thiocarbonyl (C=S) groups is 1. The molecule has 100 valence electrons. The van der Waals surface area contributed by atoms with Crippen LogP contribution < -0.4 is 0 Å². The van der Waals surface area contributed by atoms with Gasteiger partial charge in [0.1, 0.15) is 0 Å². The minimum absolute atomic E-state index is 0.421. The zero-order valence-electron chi connectivity index (χ0n) is 11.0. The molecular formula is C14H21NO2S. The summed E-state index contributed by atoms with van der Waals surface area (Å²) in [7, 11) is 3.78. The topological polar surface area (TPSA) is 32.7 Å². The number of aliphatic hydroxyl groups is 1. The predicted molar refractivity (Wildman–Crippen MR) is 77.6 cm³/mol. The molecule has 0 aliphatic heterocycles. The van der Waals surface area contributed by atoms with Crippen LogP contribution in [0.25, 0.3) is 0 Å². The molecule has 0 heterocycles. The molecule has 0 aromatic heterocycles. The molecule has 0 saturated heterocycles. The molecule has 1 aromatic rings. The van der Waals surface area contributed by atoms with Crippen molar-refractivity contribution in [3.05, 3.63) is 35.9 Å². The quantitative estimate of drug-likeness (QED) is 0.606. The van der Waals surface area contributed by atoms with Crippen LogP contribution in [0.3, 0.4) is 0 Å². The van der Waals surface area contributed by atoms with Gasteiger partial charge in [-0.2, -0.15) is 0 Å². The van der Waals surface area contributed by atoms with Gasteiger partial charge in [-0.05, 0) is 12.0 Å². The first-order chi connectivity index (χ1) is 8.59. The average molecular weight is 267 g/mol. The first-order valence-electron chi connectivity index (χ1n) is 6.09. The third kappa shape index (κ3) is 6.10. The van der Waals surface area contributed by atoms with E-state index in [2.05, 4.69) is 0 Å². The van der Waals surface area contributed by atoms with Crippen molar-refractivity contribution in [1.29, 1.82) is 0 Å². The van der Waals surface area contributed by atoms with Crippen LogP contribution in [-0.4, -0.2) is 41.8 Å². The van der Waals surface area contributed by atoms with Gasteiger partial charge in [0.25, 0.3) is 0 Å². The molecule has 1 N–H and O–H groups in total. The van der Waals surface area contributed by atoms with Gasteiger partial charge in [0.2, 0.25) is 0 Å². The van der Waals surface area contributed by atoms with Crippen molar-refractivity contribution in [1.82, 2.24) is 4.90 Å². The molecule has 1 aromatic carbocycles. The van der Waals surface area contributed by atoms with Crippen molar-refractivity contribution in [3.63, 3.8) is 0 Å². The van der Waals surface area contributed by atoms with E-state index >= 15 is 0 Å². The predicted octanol–water partition coefficient (Wildman–Crippen LogP) is 2.23. The van der Waals surface area contributed by atoms with Crippen molar-refractivity contribution in [2.75, 3.05) is 20.7 Å². The number of hydrogen-bond acceptors (Lipinski definition) is 3. The SMILES string of the molecule is CN(C)C(=S)CC(O)CCOCc1ccccc1. The second kappa shape index (κ2) is 8.19. The summed E-state index contributed by atoms with van der Waals surface area (Å²) in [5.74, 6) is 0. The molecule has 0 fully saturated rings. The van der Waals surface area contributed by atoms with Gasteiger partial charge in [0, 0.05) is 27.1 Å². The molecule has 0 amide bonds. The number of ether oxygens (including phenoxy) is 1. The van der Waals surface area contributed by atoms with Gasteiger partial charge in [-0.25, -0.2) is 0 Å². The minimum Gasteiger partial charge on any atom is -0.393 e. The van der Waals surface area contributed by atoms with Crippen LogP contribution in [0.4, 0.5) is 0 Å². The fraction of sp³-hybridized carbons (Fsp3) is 0.500. The maximum Gasteiger partial charge on any atom is 0.0800 e. The summed E-state index contributed by atoms with van der Waals surface area (Å²) in [4.78, 5) is 2.62. The Morgan fingerprint density at radius 2 is 2.00 bits per heavy atom. The van der Waals surface area contributed by atoms with Crippen LogP contribution in [0.2, 0.25) is 0 Å². The molecule has 0 aliphatic carbocycles. The van der Waals surface area contributed by atoms with Crippen molar-refractivity contribution in [3.8, 4) is 0 Å². The van der Waals surface area contributed by atoms with Crippen LogP contribution in [-0.2, 0) is 11.3 Å². The van der Waals surface area contributed by atoms with Gasteiger partial charge >= 0.3 is 0 Å². The number of aliphatic hydroxyl groups excluding tert-OH is 1. The summed E-state index contributed by atoms with van der Waals surface area (Å²) in [6.45, 7) is 1.14. The molecule has 0 aliphatic rings.